The molecule has 22 heavy (non-hydrogen) atoms. The van der Waals surface area contributed by atoms with Crippen LogP contribution in [0.2, 0.25) is 0 Å². The molecular weight excluding hydrogens is 278 g/mol. The molecule has 0 aliphatic carbocycles. The minimum Gasteiger partial charge on any atom is -0.489 e. The first-order valence-corrected chi connectivity index (χ1v) is 6.69. The number of hydrogen-bond donors (Lipinski definition) is 1. The van der Waals surface area contributed by atoms with Gasteiger partial charge in [0.1, 0.15) is 12.4 Å². The molecule has 0 atom stereocenters. The maximum absolute atomic E-state index is 10.7. The van der Waals surface area contributed by atoms with Crippen LogP contribution in [0.4, 0.5) is 0 Å². The lowest BCUT2D eigenvalue weighted by Gasteiger charge is -2.07. The Morgan fingerprint density at radius 1 is 1.27 bits per heavy atom. The number of carbonyl (C=O) groups excluding carboxylic acids is 1. The van der Waals surface area contributed by atoms with Crippen LogP contribution in [0.25, 0.3) is 0 Å². The number of nitriles is 1. The molecule has 0 aliphatic heterocycles. The van der Waals surface area contributed by atoms with Crippen LogP contribution >= 0.6 is 0 Å². The molecule has 0 saturated heterocycles. The summed E-state index contributed by atoms with van der Waals surface area (Å²) >= 11 is 0. The maximum Gasteiger partial charge on any atom is 0.236 e. The minimum atomic E-state index is -0.215. The summed E-state index contributed by atoms with van der Waals surface area (Å²) in [7, 11) is 0. The van der Waals surface area contributed by atoms with Gasteiger partial charge in [0.2, 0.25) is 5.91 Å². The summed E-state index contributed by atoms with van der Waals surface area (Å²) in [6, 6.07) is 16.8. The molecule has 5 heteroatoms. The largest absolute Gasteiger partial charge is 0.489 e. The van der Waals surface area contributed by atoms with E-state index < -0.39 is 0 Å². The topological polar surface area (TPSA) is 74.5 Å². The van der Waals surface area contributed by atoms with Gasteiger partial charge in [0, 0.05) is 12.5 Å². The molecular formula is C17H15N3O2. The predicted octanol–water partition coefficient (Wildman–Crippen LogP) is 2.61. The molecule has 0 fully saturated rings. The monoisotopic (exact) mass is 293 g/mol. The first kappa shape index (κ1) is 15.3. The van der Waals surface area contributed by atoms with Crippen molar-refractivity contribution >= 4 is 12.1 Å². The first-order valence-electron chi connectivity index (χ1n) is 6.69. The summed E-state index contributed by atoms with van der Waals surface area (Å²) in [5.74, 6) is 0.483. The number of hydrazone groups is 1. The zero-order valence-electron chi connectivity index (χ0n) is 12.1. The van der Waals surface area contributed by atoms with Gasteiger partial charge in [-0.1, -0.05) is 18.2 Å². The molecule has 2 aromatic rings. The Hall–Kier alpha value is -3.13. The van der Waals surface area contributed by atoms with Crippen LogP contribution in [-0.4, -0.2) is 12.1 Å². The van der Waals surface area contributed by atoms with Crippen LogP contribution in [0.15, 0.2) is 53.6 Å². The van der Waals surface area contributed by atoms with E-state index in [1.165, 1.54) is 6.92 Å². The van der Waals surface area contributed by atoms with Crippen molar-refractivity contribution in [1.82, 2.24) is 5.43 Å². The first-order chi connectivity index (χ1) is 10.7. The zero-order chi connectivity index (χ0) is 15.8. The van der Waals surface area contributed by atoms with Crippen molar-refractivity contribution in [3.05, 3.63) is 65.2 Å². The van der Waals surface area contributed by atoms with Crippen LogP contribution in [-0.2, 0) is 11.4 Å². The van der Waals surface area contributed by atoms with Gasteiger partial charge in [-0.2, -0.15) is 10.4 Å². The number of amides is 1. The average molecular weight is 293 g/mol. The van der Waals surface area contributed by atoms with Crippen molar-refractivity contribution in [2.75, 3.05) is 0 Å². The SMILES string of the molecule is CC(=O)N/N=C/c1ccc(OCc2ccccc2C#N)cc1. The fourth-order valence-corrected chi connectivity index (χ4v) is 1.76. The van der Waals surface area contributed by atoms with Gasteiger partial charge < -0.3 is 4.74 Å². The fourth-order valence-electron chi connectivity index (χ4n) is 1.76. The molecule has 0 bridgehead atoms. The minimum absolute atomic E-state index is 0.215. The van der Waals surface area contributed by atoms with Gasteiger partial charge in [-0.3, -0.25) is 4.79 Å². The van der Waals surface area contributed by atoms with Gasteiger partial charge in [0.15, 0.2) is 0 Å². The number of ether oxygens (including phenoxy) is 1. The Labute approximate surface area is 128 Å². The van der Waals surface area contributed by atoms with Crippen LogP contribution in [0.1, 0.15) is 23.6 Å². The quantitative estimate of drug-likeness (QED) is 0.680. The lowest BCUT2D eigenvalue weighted by Crippen LogP contribution is -2.12. The van der Waals surface area contributed by atoms with E-state index in [0.717, 1.165) is 11.1 Å². The van der Waals surface area contributed by atoms with E-state index in [2.05, 4.69) is 16.6 Å². The second-order valence-corrected chi connectivity index (χ2v) is 4.55. The molecule has 0 radical (unpaired) electrons. The van der Waals surface area contributed by atoms with Gasteiger partial charge in [-0.05, 0) is 35.9 Å². The van der Waals surface area contributed by atoms with E-state index in [1.54, 1.807) is 12.3 Å². The van der Waals surface area contributed by atoms with E-state index in [0.29, 0.717) is 17.9 Å². The van der Waals surface area contributed by atoms with E-state index >= 15 is 0 Å². The zero-order valence-corrected chi connectivity index (χ0v) is 12.1. The Kier molecular flexibility index (Phi) is 5.27. The number of carbonyl (C=O) groups is 1. The van der Waals surface area contributed by atoms with Gasteiger partial charge in [0.25, 0.3) is 0 Å². The highest BCUT2D eigenvalue weighted by molar-refractivity contribution is 5.81. The molecule has 1 amide bonds. The number of benzene rings is 2. The third kappa shape index (κ3) is 4.46. The molecule has 0 saturated carbocycles. The summed E-state index contributed by atoms with van der Waals surface area (Å²) < 4.78 is 5.67. The van der Waals surface area contributed by atoms with E-state index in [4.69, 9.17) is 10.00 Å². The van der Waals surface area contributed by atoms with Crippen molar-refractivity contribution in [2.24, 2.45) is 5.10 Å². The van der Waals surface area contributed by atoms with Crippen molar-refractivity contribution in [2.45, 2.75) is 13.5 Å². The highest BCUT2D eigenvalue weighted by atomic mass is 16.5. The van der Waals surface area contributed by atoms with Crippen molar-refractivity contribution in [3.8, 4) is 11.8 Å². The van der Waals surface area contributed by atoms with Gasteiger partial charge in [0.05, 0.1) is 17.8 Å². The highest BCUT2D eigenvalue weighted by Crippen LogP contribution is 2.15. The Balaban J connectivity index is 1.96. The molecule has 5 nitrogen and oxygen atoms in total. The summed E-state index contributed by atoms with van der Waals surface area (Å²) in [5, 5.41) is 12.8. The highest BCUT2D eigenvalue weighted by Gasteiger charge is 2.01. The van der Waals surface area contributed by atoms with E-state index in [1.807, 2.05) is 42.5 Å². The second-order valence-electron chi connectivity index (χ2n) is 4.55. The maximum atomic E-state index is 10.7. The van der Waals surface area contributed by atoms with Gasteiger partial charge in [-0.15, -0.1) is 0 Å². The van der Waals surface area contributed by atoms with Crippen LogP contribution in [0.3, 0.4) is 0 Å². The third-order valence-electron chi connectivity index (χ3n) is 2.85. The molecule has 0 aromatic heterocycles. The Bertz CT molecular complexity index is 715. The van der Waals surface area contributed by atoms with Crippen LogP contribution < -0.4 is 10.2 Å². The number of nitrogens with one attached hydrogen (secondary N) is 1. The third-order valence-corrected chi connectivity index (χ3v) is 2.85. The van der Waals surface area contributed by atoms with Crippen molar-refractivity contribution in [3.63, 3.8) is 0 Å². The standard InChI is InChI=1S/C17H15N3O2/c1-13(21)20-19-11-14-6-8-17(9-7-14)22-12-16-5-3-2-4-15(16)10-18/h2-9,11H,12H2,1H3,(H,20,21)/b19-11+. The molecule has 110 valence electrons. The Morgan fingerprint density at radius 2 is 2.00 bits per heavy atom. The summed E-state index contributed by atoms with van der Waals surface area (Å²) in [4.78, 5) is 10.7. The Morgan fingerprint density at radius 3 is 2.68 bits per heavy atom. The summed E-state index contributed by atoms with van der Waals surface area (Å²) in [6.07, 6.45) is 1.55. The fraction of sp³-hybridized carbons (Fsp3) is 0.118. The summed E-state index contributed by atoms with van der Waals surface area (Å²) in [5.41, 5.74) is 4.64. The lowest BCUT2D eigenvalue weighted by molar-refractivity contribution is -0.118. The lowest BCUT2D eigenvalue weighted by atomic mass is 10.1. The number of nitrogens with zero attached hydrogens (tertiary/aromatic N) is 2. The molecule has 0 heterocycles. The normalized spacial score (nSPS) is 10.2. The van der Waals surface area contributed by atoms with Crippen molar-refractivity contribution in [1.29, 1.82) is 5.26 Å². The van der Waals surface area contributed by atoms with Crippen LogP contribution in [0, 0.1) is 11.3 Å². The molecule has 0 spiro atoms. The smallest absolute Gasteiger partial charge is 0.236 e. The summed E-state index contributed by atoms with van der Waals surface area (Å²) in [6.45, 7) is 1.73. The van der Waals surface area contributed by atoms with E-state index in [-0.39, 0.29) is 5.91 Å². The van der Waals surface area contributed by atoms with Gasteiger partial charge in [-0.25, -0.2) is 5.43 Å². The number of rotatable bonds is 5. The second kappa shape index (κ2) is 7.60. The average Bonchev–Trinajstić information content (AvgIpc) is 2.54. The van der Waals surface area contributed by atoms with Gasteiger partial charge >= 0.3 is 0 Å². The van der Waals surface area contributed by atoms with Crippen molar-refractivity contribution < 1.29 is 9.53 Å². The number of hydrogen-bond acceptors (Lipinski definition) is 4. The van der Waals surface area contributed by atoms with Crippen LogP contribution in [0.5, 0.6) is 5.75 Å². The molecule has 0 unspecified atom stereocenters. The predicted molar refractivity (Wildman–Crippen MR) is 83.3 cm³/mol. The molecule has 1 N–H and O–H groups in total. The molecule has 2 aromatic carbocycles. The molecule has 0 aliphatic rings. The molecule has 2 rings (SSSR count). The van der Waals surface area contributed by atoms with E-state index in [9.17, 15) is 4.79 Å².